The van der Waals surface area contributed by atoms with E-state index in [4.69, 9.17) is 0 Å². The van der Waals surface area contributed by atoms with Crippen molar-refractivity contribution in [2.45, 2.75) is 6.42 Å². The van der Waals surface area contributed by atoms with Gasteiger partial charge in [-0.05, 0) is 18.2 Å². The van der Waals surface area contributed by atoms with E-state index in [2.05, 4.69) is 4.98 Å². The molecule has 0 saturated heterocycles. The maximum Gasteiger partial charge on any atom is 0.324 e. The highest BCUT2D eigenvalue weighted by Crippen LogP contribution is 2.33. The van der Waals surface area contributed by atoms with Crippen molar-refractivity contribution in [3.8, 4) is 0 Å². The zero-order valence-electron chi connectivity index (χ0n) is 14.8. The van der Waals surface area contributed by atoms with Crippen molar-refractivity contribution >= 4 is 48.9 Å². The number of carbonyl (C=O) groups is 1. The van der Waals surface area contributed by atoms with Crippen LogP contribution in [0.25, 0.3) is 10.2 Å². The molecule has 10 heteroatoms. The lowest BCUT2D eigenvalue weighted by Crippen LogP contribution is -3.05. The highest BCUT2D eigenvalue weighted by molar-refractivity contribution is 7.22. The van der Waals surface area contributed by atoms with E-state index in [0.717, 1.165) is 24.3 Å². The molecule has 1 amide bonds. The molecule has 0 radical (unpaired) electrons. The van der Waals surface area contributed by atoms with Gasteiger partial charge in [0.1, 0.15) is 11.3 Å². The number of hydrogen-bond acceptors (Lipinski definition) is 6. The third-order valence-electron chi connectivity index (χ3n) is 3.88. The number of rotatable bonds is 7. The largest absolute Gasteiger partial charge is 0.340 e. The zero-order chi connectivity index (χ0) is 19.6. The van der Waals surface area contributed by atoms with E-state index in [1.54, 1.807) is 12.1 Å². The van der Waals surface area contributed by atoms with Gasteiger partial charge in [-0.25, -0.2) is 9.37 Å². The summed E-state index contributed by atoms with van der Waals surface area (Å²) in [4.78, 5) is 30.7. The molecule has 3 aromatic rings. The van der Waals surface area contributed by atoms with Crippen LogP contribution < -0.4 is 9.80 Å². The Hall–Kier alpha value is -2.43. The van der Waals surface area contributed by atoms with Crippen molar-refractivity contribution in [3.63, 3.8) is 0 Å². The SMILES string of the molecule is C[NH+](C)CCCN(C(=O)c1ccc([N+](=O)[O-])s1)c1nc2c(F)cccc2s1. The number of para-hydroxylation sites is 1. The van der Waals surface area contributed by atoms with E-state index in [9.17, 15) is 19.3 Å². The first-order valence-electron chi connectivity index (χ1n) is 8.27. The molecule has 3 rings (SSSR count). The summed E-state index contributed by atoms with van der Waals surface area (Å²) >= 11 is 2.06. The summed E-state index contributed by atoms with van der Waals surface area (Å²) in [5.74, 6) is -0.798. The lowest BCUT2D eigenvalue weighted by atomic mass is 10.3. The number of anilines is 1. The van der Waals surface area contributed by atoms with Crippen LogP contribution in [0.3, 0.4) is 0 Å². The smallest absolute Gasteiger partial charge is 0.324 e. The standard InChI is InChI=1S/C17H17FN4O3S2/c1-20(2)9-4-10-21(16(23)13-7-8-14(26-13)22(24)25)17-19-15-11(18)5-3-6-12(15)27-17/h3,5-8H,4,9-10H2,1-2H3/p+1. The Balaban J connectivity index is 1.94. The maximum absolute atomic E-state index is 14.0. The molecule has 0 aliphatic carbocycles. The second-order valence-electron chi connectivity index (χ2n) is 6.25. The number of halogens is 1. The molecule has 2 heterocycles. The average Bonchev–Trinajstić information content (AvgIpc) is 3.25. The lowest BCUT2D eigenvalue weighted by Gasteiger charge is -2.19. The van der Waals surface area contributed by atoms with Gasteiger partial charge in [0.25, 0.3) is 5.91 Å². The summed E-state index contributed by atoms with van der Waals surface area (Å²) in [5, 5.41) is 11.2. The number of carbonyl (C=O) groups excluding carboxylic acids is 1. The van der Waals surface area contributed by atoms with E-state index in [1.807, 2.05) is 14.1 Å². The van der Waals surface area contributed by atoms with Gasteiger partial charge in [-0.15, -0.1) is 0 Å². The van der Waals surface area contributed by atoms with Crippen LogP contribution in [-0.2, 0) is 0 Å². The third-order valence-corrected chi connectivity index (χ3v) is 5.94. The fraction of sp³-hybridized carbons (Fsp3) is 0.294. The van der Waals surface area contributed by atoms with Gasteiger partial charge in [0, 0.05) is 19.0 Å². The van der Waals surface area contributed by atoms with Gasteiger partial charge < -0.3 is 4.90 Å². The molecule has 7 nitrogen and oxygen atoms in total. The van der Waals surface area contributed by atoms with Gasteiger partial charge >= 0.3 is 5.00 Å². The van der Waals surface area contributed by atoms with Crippen LogP contribution >= 0.6 is 22.7 Å². The predicted molar refractivity (Wildman–Crippen MR) is 105 cm³/mol. The Morgan fingerprint density at radius 1 is 1.30 bits per heavy atom. The summed E-state index contributed by atoms with van der Waals surface area (Å²) in [5.41, 5.74) is 0.227. The second-order valence-corrected chi connectivity index (χ2v) is 8.32. The van der Waals surface area contributed by atoms with Crippen molar-refractivity contribution in [2.75, 3.05) is 32.1 Å². The van der Waals surface area contributed by atoms with Crippen LogP contribution in [0.15, 0.2) is 30.3 Å². The van der Waals surface area contributed by atoms with E-state index >= 15 is 0 Å². The van der Waals surface area contributed by atoms with Crippen LogP contribution in [0.1, 0.15) is 16.1 Å². The van der Waals surface area contributed by atoms with Crippen LogP contribution in [-0.4, -0.2) is 43.0 Å². The van der Waals surface area contributed by atoms with Crippen molar-refractivity contribution in [1.29, 1.82) is 0 Å². The molecule has 0 bridgehead atoms. The van der Waals surface area contributed by atoms with Crippen LogP contribution in [0.2, 0.25) is 0 Å². The minimum absolute atomic E-state index is 0.0913. The number of nitro groups is 1. The van der Waals surface area contributed by atoms with Crippen molar-refractivity contribution in [2.24, 2.45) is 0 Å². The normalized spacial score (nSPS) is 11.3. The van der Waals surface area contributed by atoms with E-state index in [-0.39, 0.29) is 21.3 Å². The number of nitrogens with zero attached hydrogens (tertiary/aromatic N) is 3. The molecule has 0 saturated carbocycles. The summed E-state index contributed by atoms with van der Waals surface area (Å²) in [6, 6.07) is 7.45. The molecule has 27 heavy (non-hydrogen) atoms. The van der Waals surface area contributed by atoms with Gasteiger partial charge in [-0.2, -0.15) is 0 Å². The van der Waals surface area contributed by atoms with Crippen LogP contribution in [0, 0.1) is 15.9 Å². The van der Waals surface area contributed by atoms with E-state index in [1.165, 1.54) is 39.3 Å². The zero-order valence-corrected chi connectivity index (χ0v) is 16.4. The molecule has 1 aromatic carbocycles. The number of nitrogens with one attached hydrogen (secondary N) is 1. The first-order valence-corrected chi connectivity index (χ1v) is 9.90. The summed E-state index contributed by atoms with van der Waals surface area (Å²) < 4.78 is 14.7. The van der Waals surface area contributed by atoms with Gasteiger partial charge in [0.15, 0.2) is 5.13 Å². The molecule has 0 unspecified atom stereocenters. The number of thiophene rings is 1. The molecular weight excluding hydrogens is 391 g/mol. The molecule has 1 N–H and O–H groups in total. The Morgan fingerprint density at radius 3 is 2.70 bits per heavy atom. The number of quaternary nitrogens is 1. The molecule has 0 aliphatic heterocycles. The Labute approximate surface area is 162 Å². The molecule has 0 aliphatic rings. The molecule has 142 valence electrons. The van der Waals surface area contributed by atoms with Gasteiger partial charge in [-0.1, -0.05) is 28.7 Å². The molecule has 2 aromatic heterocycles. The Morgan fingerprint density at radius 2 is 2.07 bits per heavy atom. The molecule has 0 spiro atoms. The van der Waals surface area contributed by atoms with Crippen molar-refractivity contribution in [3.05, 3.63) is 51.1 Å². The van der Waals surface area contributed by atoms with E-state index in [0.29, 0.717) is 16.4 Å². The summed E-state index contributed by atoms with van der Waals surface area (Å²) in [6.07, 6.45) is 0.722. The van der Waals surface area contributed by atoms with Crippen LogP contribution in [0.5, 0.6) is 0 Å². The lowest BCUT2D eigenvalue weighted by molar-refractivity contribution is -0.858. The first kappa shape index (κ1) is 19.3. The van der Waals surface area contributed by atoms with Crippen LogP contribution in [0.4, 0.5) is 14.5 Å². The number of benzene rings is 1. The van der Waals surface area contributed by atoms with E-state index < -0.39 is 10.7 Å². The predicted octanol–water partition coefficient (Wildman–Crippen LogP) is 2.59. The number of amides is 1. The summed E-state index contributed by atoms with van der Waals surface area (Å²) in [6.45, 7) is 1.24. The Kier molecular flexibility index (Phi) is 5.78. The van der Waals surface area contributed by atoms with Gasteiger partial charge in [-0.3, -0.25) is 19.8 Å². The maximum atomic E-state index is 14.0. The number of aromatic nitrogens is 1. The minimum Gasteiger partial charge on any atom is -0.340 e. The monoisotopic (exact) mass is 409 g/mol. The molecule has 0 fully saturated rings. The molecular formula is C17H18FN4O3S2+. The topological polar surface area (TPSA) is 80.8 Å². The third kappa shape index (κ3) is 4.29. The molecule has 0 atom stereocenters. The number of thiazole rings is 1. The van der Waals surface area contributed by atoms with Gasteiger partial charge in [0.05, 0.1) is 35.1 Å². The number of hydrogen-bond donors (Lipinski definition) is 1. The minimum atomic E-state index is -0.520. The second kappa shape index (κ2) is 8.07. The highest BCUT2D eigenvalue weighted by Gasteiger charge is 2.25. The van der Waals surface area contributed by atoms with Crippen molar-refractivity contribution < 1.29 is 19.0 Å². The first-order chi connectivity index (χ1) is 12.9. The Bertz CT molecular complexity index is 986. The van der Waals surface area contributed by atoms with Gasteiger partial charge in [0.2, 0.25) is 0 Å². The fourth-order valence-corrected chi connectivity index (χ4v) is 4.34. The fourth-order valence-electron chi connectivity index (χ4n) is 2.57. The average molecular weight is 409 g/mol. The highest BCUT2D eigenvalue weighted by atomic mass is 32.1. The summed E-state index contributed by atoms with van der Waals surface area (Å²) in [7, 11) is 4.03. The quantitative estimate of drug-likeness (QED) is 0.480. The van der Waals surface area contributed by atoms with Crippen molar-refractivity contribution in [1.82, 2.24) is 4.98 Å². The number of fused-ring (bicyclic) bond motifs is 1.